The zero-order valence-corrected chi connectivity index (χ0v) is 16.0. The van der Waals surface area contributed by atoms with Crippen LogP contribution in [0.2, 0.25) is 0 Å². The summed E-state index contributed by atoms with van der Waals surface area (Å²) in [6, 6.07) is 16.0. The first-order valence-corrected chi connectivity index (χ1v) is 9.34. The van der Waals surface area contributed by atoms with Gasteiger partial charge in [0.05, 0.1) is 6.21 Å². The first-order valence-electron chi connectivity index (χ1n) is 7.56. The van der Waals surface area contributed by atoms with Crippen molar-refractivity contribution in [3.63, 3.8) is 0 Å². The molecule has 0 unspecified atom stereocenters. The van der Waals surface area contributed by atoms with Gasteiger partial charge >= 0.3 is 0 Å². The monoisotopic (exact) mass is 416 g/mol. The zero-order chi connectivity index (χ0) is 17.6. The molecule has 0 amide bonds. The highest BCUT2D eigenvalue weighted by atomic mass is 79.9. The van der Waals surface area contributed by atoms with E-state index in [0.29, 0.717) is 11.1 Å². The van der Waals surface area contributed by atoms with Crippen molar-refractivity contribution in [3.8, 4) is 0 Å². The molecule has 0 spiro atoms. The number of nitrogens with zero attached hydrogens (tertiary/aromatic N) is 4. The molecule has 0 aliphatic carbocycles. The van der Waals surface area contributed by atoms with Crippen molar-refractivity contribution in [2.45, 2.75) is 17.8 Å². The molecule has 3 N–H and O–H groups in total. The summed E-state index contributed by atoms with van der Waals surface area (Å²) in [4.78, 5) is 0. The molecule has 0 bridgehead atoms. The van der Waals surface area contributed by atoms with E-state index in [0.717, 1.165) is 15.8 Å². The fourth-order valence-corrected chi connectivity index (χ4v) is 3.28. The Labute approximate surface area is 158 Å². The Morgan fingerprint density at radius 1 is 1.20 bits per heavy atom. The molecule has 25 heavy (non-hydrogen) atoms. The van der Waals surface area contributed by atoms with Crippen molar-refractivity contribution in [1.82, 2.24) is 14.9 Å². The van der Waals surface area contributed by atoms with Crippen LogP contribution >= 0.6 is 27.7 Å². The van der Waals surface area contributed by atoms with Gasteiger partial charge in [-0.05, 0) is 35.7 Å². The molecule has 0 radical (unpaired) electrons. The van der Waals surface area contributed by atoms with Crippen molar-refractivity contribution in [2.75, 3.05) is 11.3 Å². The van der Waals surface area contributed by atoms with Crippen molar-refractivity contribution < 1.29 is 0 Å². The molecule has 1 aromatic heterocycles. The lowest BCUT2D eigenvalue weighted by Gasteiger charge is -2.05. The third-order valence-electron chi connectivity index (χ3n) is 3.53. The summed E-state index contributed by atoms with van der Waals surface area (Å²) in [6.07, 6.45) is 1.70. The summed E-state index contributed by atoms with van der Waals surface area (Å²) in [5.41, 5.74) is 6.27. The second-order valence-corrected chi connectivity index (χ2v) is 7.17. The number of nitrogen functional groups attached to an aromatic ring is 1. The number of aryl methyl sites for hydroxylation is 1. The number of halogens is 1. The molecule has 0 atom stereocenters. The van der Waals surface area contributed by atoms with Gasteiger partial charge in [-0.25, -0.2) is 10.1 Å². The quantitative estimate of drug-likeness (QED) is 0.276. The van der Waals surface area contributed by atoms with Gasteiger partial charge in [-0.15, -0.1) is 10.2 Å². The maximum atomic E-state index is 6.03. The van der Waals surface area contributed by atoms with Crippen molar-refractivity contribution >= 4 is 39.9 Å². The summed E-state index contributed by atoms with van der Waals surface area (Å²) in [5.74, 6) is 7.20. The highest BCUT2D eigenvalue weighted by molar-refractivity contribution is 9.10. The molecule has 3 aromatic rings. The maximum Gasteiger partial charge on any atom is 0.264 e. The fourth-order valence-electron chi connectivity index (χ4n) is 2.08. The van der Waals surface area contributed by atoms with Gasteiger partial charge in [-0.3, -0.25) is 0 Å². The summed E-state index contributed by atoms with van der Waals surface area (Å²) in [6.45, 7) is 2.09. The van der Waals surface area contributed by atoms with Gasteiger partial charge in [-0.1, -0.05) is 64.1 Å². The molecular formula is C17H17BrN6S. The van der Waals surface area contributed by atoms with Gasteiger partial charge in [0.15, 0.2) is 0 Å². The fraction of sp³-hybridized carbons (Fsp3) is 0.118. The molecule has 128 valence electrons. The van der Waals surface area contributed by atoms with E-state index in [-0.39, 0.29) is 0 Å². The standard InChI is InChI=1S/C17H17BrN6S/c1-12-4-2-3-5-14(12)11-25-17-23-22-16(24(17)19)21-20-10-13-6-8-15(18)9-7-13/h2-10H,11,19H2,1H3,(H,21,22)/b20-10+. The number of rotatable bonds is 6. The van der Waals surface area contributed by atoms with E-state index in [1.54, 1.807) is 6.21 Å². The third-order valence-corrected chi connectivity index (χ3v) is 5.05. The van der Waals surface area contributed by atoms with Crippen LogP contribution in [0.15, 0.2) is 63.3 Å². The van der Waals surface area contributed by atoms with E-state index >= 15 is 0 Å². The van der Waals surface area contributed by atoms with Crippen LogP contribution in [0.25, 0.3) is 0 Å². The topological polar surface area (TPSA) is 81.1 Å². The first-order chi connectivity index (χ1) is 12.1. The van der Waals surface area contributed by atoms with E-state index in [2.05, 4.69) is 55.7 Å². The summed E-state index contributed by atoms with van der Waals surface area (Å²) >= 11 is 4.93. The molecule has 0 aliphatic heterocycles. The molecule has 0 saturated heterocycles. The highest BCUT2D eigenvalue weighted by Crippen LogP contribution is 2.23. The Hall–Kier alpha value is -2.32. The Bertz CT molecular complexity index is 875. The number of hydrazone groups is 1. The minimum atomic E-state index is 0.389. The molecule has 0 saturated carbocycles. The van der Waals surface area contributed by atoms with E-state index in [4.69, 9.17) is 5.84 Å². The van der Waals surface area contributed by atoms with E-state index in [9.17, 15) is 0 Å². The van der Waals surface area contributed by atoms with Crippen LogP contribution in [0.3, 0.4) is 0 Å². The van der Waals surface area contributed by atoms with Crippen LogP contribution < -0.4 is 11.3 Å². The number of hydrogen-bond donors (Lipinski definition) is 2. The van der Waals surface area contributed by atoms with Crippen molar-refractivity contribution in [3.05, 3.63) is 69.7 Å². The van der Waals surface area contributed by atoms with Crippen molar-refractivity contribution in [2.24, 2.45) is 5.10 Å². The molecule has 0 aliphatic rings. The Morgan fingerprint density at radius 2 is 1.96 bits per heavy atom. The average Bonchev–Trinajstić information content (AvgIpc) is 2.96. The second-order valence-electron chi connectivity index (χ2n) is 5.31. The van der Waals surface area contributed by atoms with Crippen LogP contribution in [0.4, 0.5) is 5.95 Å². The zero-order valence-electron chi connectivity index (χ0n) is 13.6. The molecule has 8 heteroatoms. The largest absolute Gasteiger partial charge is 0.334 e. The molecule has 0 fully saturated rings. The highest BCUT2D eigenvalue weighted by Gasteiger charge is 2.10. The number of anilines is 1. The predicted octanol–water partition coefficient (Wildman–Crippen LogP) is 3.80. The smallest absolute Gasteiger partial charge is 0.264 e. The van der Waals surface area contributed by atoms with Gasteiger partial charge in [0, 0.05) is 10.2 Å². The SMILES string of the molecule is Cc1ccccc1CSc1nnc(N/N=C/c2ccc(Br)cc2)n1N. The van der Waals surface area contributed by atoms with E-state index < -0.39 is 0 Å². The van der Waals surface area contributed by atoms with Crippen LogP contribution in [-0.2, 0) is 5.75 Å². The molecule has 1 heterocycles. The number of hydrogen-bond acceptors (Lipinski definition) is 6. The van der Waals surface area contributed by atoms with Gasteiger partial charge < -0.3 is 5.84 Å². The second kappa shape index (κ2) is 8.17. The Balaban J connectivity index is 1.61. The summed E-state index contributed by atoms with van der Waals surface area (Å²) in [5, 5.41) is 12.9. The van der Waals surface area contributed by atoms with E-state index in [1.165, 1.54) is 27.6 Å². The number of nitrogens with two attached hydrogens (primary N) is 1. The average molecular weight is 417 g/mol. The summed E-state index contributed by atoms with van der Waals surface area (Å²) < 4.78 is 2.43. The number of benzene rings is 2. The molecule has 3 rings (SSSR count). The van der Waals surface area contributed by atoms with Gasteiger partial charge in [0.25, 0.3) is 5.95 Å². The van der Waals surface area contributed by atoms with Crippen molar-refractivity contribution in [1.29, 1.82) is 0 Å². The number of aromatic nitrogens is 3. The van der Waals surface area contributed by atoms with Gasteiger partial charge in [0.2, 0.25) is 5.16 Å². The lowest BCUT2D eigenvalue weighted by molar-refractivity contribution is 0.847. The molecule has 2 aromatic carbocycles. The maximum absolute atomic E-state index is 6.03. The third kappa shape index (κ3) is 4.61. The first kappa shape index (κ1) is 17.5. The lowest BCUT2D eigenvalue weighted by Crippen LogP contribution is -2.13. The van der Waals surface area contributed by atoms with Crippen LogP contribution in [0.5, 0.6) is 0 Å². The van der Waals surface area contributed by atoms with Crippen LogP contribution in [0.1, 0.15) is 16.7 Å². The number of thioether (sulfide) groups is 1. The van der Waals surface area contributed by atoms with Crippen LogP contribution in [0, 0.1) is 6.92 Å². The van der Waals surface area contributed by atoms with Crippen LogP contribution in [-0.4, -0.2) is 21.1 Å². The lowest BCUT2D eigenvalue weighted by atomic mass is 10.1. The number of nitrogens with one attached hydrogen (secondary N) is 1. The van der Waals surface area contributed by atoms with Gasteiger partial charge in [0.1, 0.15) is 0 Å². The minimum Gasteiger partial charge on any atom is -0.334 e. The Morgan fingerprint density at radius 3 is 2.72 bits per heavy atom. The normalized spacial score (nSPS) is 11.1. The minimum absolute atomic E-state index is 0.389. The molecule has 6 nitrogen and oxygen atoms in total. The van der Waals surface area contributed by atoms with Gasteiger partial charge in [-0.2, -0.15) is 5.10 Å². The Kier molecular flexibility index (Phi) is 5.72. The molecular weight excluding hydrogens is 400 g/mol. The predicted molar refractivity (Wildman–Crippen MR) is 106 cm³/mol. The summed E-state index contributed by atoms with van der Waals surface area (Å²) in [7, 11) is 0. The van der Waals surface area contributed by atoms with E-state index in [1.807, 2.05) is 36.4 Å².